The number of amides is 1. The van der Waals surface area contributed by atoms with Crippen LogP contribution in [0, 0.1) is 0 Å². The number of fused-ring (bicyclic) bond motifs is 1. The summed E-state index contributed by atoms with van der Waals surface area (Å²) in [7, 11) is 0. The first kappa shape index (κ1) is 14.2. The summed E-state index contributed by atoms with van der Waals surface area (Å²) in [4.78, 5) is 12.8. The van der Waals surface area contributed by atoms with Crippen LogP contribution in [0.4, 0.5) is 5.69 Å². The van der Waals surface area contributed by atoms with Gasteiger partial charge in [0.05, 0.1) is 10.7 Å². The molecule has 0 saturated carbocycles. The summed E-state index contributed by atoms with van der Waals surface area (Å²) in [6, 6.07) is 5.56. The number of benzene rings is 1. The Morgan fingerprint density at radius 1 is 1.47 bits per heavy atom. The Kier molecular flexibility index (Phi) is 3.74. The number of nitrogens with two attached hydrogens (primary N) is 1. The van der Waals surface area contributed by atoms with Gasteiger partial charge in [0.1, 0.15) is 4.88 Å². The molecule has 0 atom stereocenters. The van der Waals surface area contributed by atoms with Crippen molar-refractivity contribution in [3.8, 4) is 0 Å². The highest BCUT2D eigenvalue weighted by molar-refractivity contribution is 7.21. The van der Waals surface area contributed by atoms with Crippen LogP contribution in [0.5, 0.6) is 0 Å². The Balaban J connectivity index is 2.44. The van der Waals surface area contributed by atoms with Gasteiger partial charge in [-0.2, -0.15) is 0 Å². The lowest BCUT2D eigenvalue weighted by Crippen LogP contribution is -2.42. The van der Waals surface area contributed by atoms with Crippen molar-refractivity contribution in [1.82, 2.24) is 5.32 Å². The number of thiophene rings is 1. The molecule has 0 saturated heterocycles. The predicted molar refractivity (Wildman–Crippen MR) is 83.1 cm³/mol. The summed E-state index contributed by atoms with van der Waals surface area (Å²) < 4.78 is 0.935. The Labute approximate surface area is 121 Å². The maximum Gasteiger partial charge on any atom is 0.263 e. The standard InChI is InChI=1S/C14H17ClN2OS/c1-4-14(2,3)17-13(18)12-11(16)10-8(15)6-5-7-9(10)19-12/h5-7H,4,16H2,1-3H3,(H,17,18). The van der Waals surface area contributed by atoms with Crippen molar-refractivity contribution in [2.75, 3.05) is 5.73 Å². The molecule has 1 amide bonds. The van der Waals surface area contributed by atoms with Crippen LogP contribution in [0.2, 0.25) is 5.02 Å². The van der Waals surface area contributed by atoms with Crippen LogP contribution in [-0.2, 0) is 0 Å². The molecular formula is C14H17ClN2OS. The van der Waals surface area contributed by atoms with Gasteiger partial charge in [-0.3, -0.25) is 4.79 Å². The van der Waals surface area contributed by atoms with Gasteiger partial charge in [-0.25, -0.2) is 0 Å². The number of hydrogen-bond acceptors (Lipinski definition) is 3. The number of carbonyl (C=O) groups is 1. The highest BCUT2D eigenvalue weighted by atomic mass is 35.5. The molecule has 0 bridgehead atoms. The molecule has 19 heavy (non-hydrogen) atoms. The summed E-state index contributed by atoms with van der Waals surface area (Å²) in [5, 5.41) is 4.35. The summed E-state index contributed by atoms with van der Waals surface area (Å²) in [5.74, 6) is -0.137. The summed E-state index contributed by atoms with van der Waals surface area (Å²) >= 11 is 7.51. The first-order valence-electron chi connectivity index (χ1n) is 6.14. The largest absolute Gasteiger partial charge is 0.397 e. The van der Waals surface area contributed by atoms with E-state index in [1.165, 1.54) is 11.3 Å². The first-order valence-corrected chi connectivity index (χ1v) is 7.34. The van der Waals surface area contributed by atoms with E-state index in [0.29, 0.717) is 15.6 Å². The van der Waals surface area contributed by atoms with E-state index in [2.05, 4.69) is 5.32 Å². The van der Waals surface area contributed by atoms with E-state index in [4.69, 9.17) is 17.3 Å². The zero-order chi connectivity index (χ0) is 14.2. The second-order valence-corrected chi connectivity index (χ2v) is 6.61. The minimum Gasteiger partial charge on any atom is -0.397 e. The van der Waals surface area contributed by atoms with Gasteiger partial charge in [0.2, 0.25) is 0 Å². The summed E-state index contributed by atoms with van der Waals surface area (Å²) in [6.07, 6.45) is 0.851. The Morgan fingerprint density at radius 2 is 2.16 bits per heavy atom. The van der Waals surface area contributed by atoms with E-state index in [1.807, 2.05) is 32.9 Å². The third kappa shape index (κ3) is 2.69. The molecule has 0 unspecified atom stereocenters. The van der Waals surface area contributed by atoms with Gasteiger partial charge in [0, 0.05) is 15.6 Å². The SMILES string of the molecule is CCC(C)(C)NC(=O)c1sc2cccc(Cl)c2c1N. The minimum atomic E-state index is -0.247. The van der Waals surface area contributed by atoms with Crippen molar-refractivity contribution in [2.24, 2.45) is 0 Å². The molecule has 0 fully saturated rings. The van der Waals surface area contributed by atoms with E-state index in [9.17, 15) is 4.79 Å². The monoisotopic (exact) mass is 296 g/mol. The fourth-order valence-electron chi connectivity index (χ4n) is 1.75. The zero-order valence-electron chi connectivity index (χ0n) is 11.2. The van der Waals surface area contributed by atoms with Crippen molar-refractivity contribution >= 4 is 44.6 Å². The van der Waals surface area contributed by atoms with Crippen LogP contribution in [-0.4, -0.2) is 11.4 Å². The quantitative estimate of drug-likeness (QED) is 0.897. The van der Waals surface area contributed by atoms with Crippen LogP contribution >= 0.6 is 22.9 Å². The molecule has 2 aromatic rings. The van der Waals surface area contributed by atoms with Gasteiger partial charge >= 0.3 is 0 Å². The molecule has 0 aliphatic carbocycles. The predicted octanol–water partition coefficient (Wildman–Crippen LogP) is 4.06. The Hall–Kier alpha value is -1.26. The fraction of sp³-hybridized carbons (Fsp3) is 0.357. The molecule has 0 aliphatic heterocycles. The topological polar surface area (TPSA) is 55.1 Å². The summed E-state index contributed by atoms with van der Waals surface area (Å²) in [6.45, 7) is 6.01. The average Bonchev–Trinajstić information content (AvgIpc) is 2.68. The number of hydrogen-bond donors (Lipinski definition) is 2. The lowest BCUT2D eigenvalue weighted by molar-refractivity contribution is 0.0916. The first-order chi connectivity index (χ1) is 8.85. The lowest BCUT2D eigenvalue weighted by Gasteiger charge is -2.24. The number of rotatable bonds is 3. The van der Waals surface area contributed by atoms with Gasteiger partial charge in [0.25, 0.3) is 5.91 Å². The molecule has 5 heteroatoms. The van der Waals surface area contributed by atoms with Gasteiger partial charge < -0.3 is 11.1 Å². The van der Waals surface area contributed by atoms with Crippen LogP contribution in [0.15, 0.2) is 18.2 Å². The highest BCUT2D eigenvalue weighted by Gasteiger charge is 2.23. The van der Waals surface area contributed by atoms with E-state index < -0.39 is 0 Å². The summed E-state index contributed by atoms with van der Waals surface area (Å²) in [5.41, 5.74) is 6.29. The molecule has 0 radical (unpaired) electrons. The van der Waals surface area contributed by atoms with Crippen molar-refractivity contribution in [3.63, 3.8) is 0 Å². The van der Waals surface area contributed by atoms with Crippen molar-refractivity contribution in [3.05, 3.63) is 28.1 Å². The molecule has 0 spiro atoms. The lowest BCUT2D eigenvalue weighted by atomic mass is 10.0. The minimum absolute atomic E-state index is 0.137. The second kappa shape index (κ2) is 5.02. The third-order valence-corrected chi connectivity index (χ3v) is 4.73. The molecule has 1 aromatic carbocycles. The maximum atomic E-state index is 12.3. The normalized spacial score (nSPS) is 11.8. The number of anilines is 1. The molecule has 3 N–H and O–H groups in total. The van der Waals surface area contributed by atoms with Crippen LogP contribution in [0.3, 0.4) is 0 Å². The maximum absolute atomic E-state index is 12.3. The van der Waals surface area contributed by atoms with Gasteiger partial charge in [-0.05, 0) is 32.4 Å². The van der Waals surface area contributed by atoms with Crippen molar-refractivity contribution in [1.29, 1.82) is 0 Å². The van der Waals surface area contributed by atoms with E-state index in [-0.39, 0.29) is 11.4 Å². The molecule has 1 heterocycles. The van der Waals surface area contributed by atoms with Crippen molar-refractivity contribution in [2.45, 2.75) is 32.7 Å². The Bertz CT molecular complexity index is 634. The van der Waals surface area contributed by atoms with Gasteiger partial charge in [0.15, 0.2) is 0 Å². The molecule has 1 aromatic heterocycles. The molecule has 102 valence electrons. The van der Waals surface area contributed by atoms with Crippen LogP contribution in [0.1, 0.15) is 36.9 Å². The number of nitrogens with one attached hydrogen (secondary N) is 1. The van der Waals surface area contributed by atoms with Crippen LogP contribution < -0.4 is 11.1 Å². The van der Waals surface area contributed by atoms with Crippen molar-refractivity contribution < 1.29 is 4.79 Å². The number of halogens is 1. The zero-order valence-corrected chi connectivity index (χ0v) is 12.8. The smallest absolute Gasteiger partial charge is 0.263 e. The van der Waals surface area contributed by atoms with E-state index in [1.54, 1.807) is 6.07 Å². The number of carbonyl (C=O) groups excluding carboxylic acids is 1. The molecule has 2 rings (SSSR count). The highest BCUT2D eigenvalue weighted by Crippen LogP contribution is 2.38. The molecule has 0 aliphatic rings. The third-order valence-electron chi connectivity index (χ3n) is 3.24. The fourth-order valence-corrected chi connectivity index (χ4v) is 3.13. The van der Waals surface area contributed by atoms with E-state index in [0.717, 1.165) is 16.5 Å². The number of nitrogen functional groups attached to an aromatic ring is 1. The second-order valence-electron chi connectivity index (χ2n) is 5.15. The molecular weight excluding hydrogens is 280 g/mol. The van der Waals surface area contributed by atoms with Gasteiger partial charge in [-0.1, -0.05) is 24.6 Å². The Morgan fingerprint density at radius 3 is 2.74 bits per heavy atom. The van der Waals surface area contributed by atoms with Crippen LogP contribution in [0.25, 0.3) is 10.1 Å². The molecule has 3 nitrogen and oxygen atoms in total. The average molecular weight is 297 g/mol. The van der Waals surface area contributed by atoms with Gasteiger partial charge in [-0.15, -0.1) is 11.3 Å². The van der Waals surface area contributed by atoms with E-state index >= 15 is 0 Å².